The lowest BCUT2D eigenvalue weighted by molar-refractivity contribution is -0.00587. The summed E-state index contributed by atoms with van der Waals surface area (Å²) in [6.07, 6.45) is 17.5. The Balaban J connectivity index is 1.83. The summed E-state index contributed by atoms with van der Waals surface area (Å²) >= 11 is 0. The Morgan fingerprint density at radius 1 is 1.21 bits per heavy atom. The van der Waals surface area contributed by atoms with Crippen molar-refractivity contribution in [3.63, 3.8) is 0 Å². The monoisotopic (exact) mass is 380 g/mol. The summed E-state index contributed by atoms with van der Waals surface area (Å²) in [5, 5.41) is 11.2. The Morgan fingerprint density at radius 3 is 2.64 bits per heavy atom. The molecular weight excluding hydrogens is 339 g/mol. The van der Waals surface area contributed by atoms with Gasteiger partial charge < -0.3 is 5.11 Å². The summed E-state index contributed by atoms with van der Waals surface area (Å²) in [5.74, 6) is 2.57. The SMILES string of the molecule is [B]CC1=CC[C@H]2[C@H](C1)C1C(O)=CC(C(C)(C)CCCCCC)=CC1CC2(C)C. The number of aliphatic hydroxyl groups excluding tert-OH is 1. The Hall–Kier alpha value is -0.915. The van der Waals surface area contributed by atoms with Gasteiger partial charge in [0.25, 0.3) is 0 Å². The second-order valence-electron chi connectivity index (χ2n) is 11.0. The molecule has 3 rings (SSSR count). The average Bonchev–Trinajstić information content (AvgIpc) is 2.63. The highest BCUT2D eigenvalue weighted by Crippen LogP contribution is 2.58. The number of unbranched alkanes of at least 4 members (excludes halogenated alkanes) is 3. The largest absolute Gasteiger partial charge is 0.512 e. The van der Waals surface area contributed by atoms with Gasteiger partial charge in [0.1, 0.15) is 0 Å². The molecular formula is C26H41BO. The first kappa shape index (κ1) is 21.8. The summed E-state index contributed by atoms with van der Waals surface area (Å²) in [6.45, 7) is 11.9. The van der Waals surface area contributed by atoms with E-state index in [0.29, 0.717) is 35.2 Å². The molecule has 28 heavy (non-hydrogen) atoms. The smallest absolute Gasteiger partial charge is 0.0965 e. The summed E-state index contributed by atoms with van der Waals surface area (Å²) < 4.78 is 0. The minimum Gasteiger partial charge on any atom is -0.512 e. The molecule has 1 N–H and O–H groups in total. The molecule has 3 aliphatic rings. The fourth-order valence-corrected chi connectivity index (χ4v) is 6.34. The fourth-order valence-electron chi connectivity index (χ4n) is 6.34. The van der Waals surface area contributed by atoms with Crippen molar-refractivity contribution in [3.05, 3.63) is 35.1 Å². The molecule has 2 radical (unpaired) electrons. The zero-order valence-corrected chi connectivity index (χ0v) is 18.9. The molecule has 0 saturated heterocycles. The number of rotatable bonds is 7. The Labute approximate surface area is 175 Å². The van der Waals surface area contributed by atoms with E-state index >= 15 is 0 Å². The van der Waals surface area contributed by atoms with Crippen molar-refractivity contribution in [3.8, 4) is 0 Å². The van der Waals surface area contributed by atoms with E-state index in [1.165, 1.54) is 49.7 Å². The van der Waals surface area contributed by atoms with Crippen molar-refractivity contribution >= 4 is 7.85 Å². The van der Waals surface area contributed by atoms with Crippen molar-refractivity contribution in [2.75, 3.05) is 0 Å². The predicted octanol–water partition coefficient (Wildman–Crippen LogP) is 7.57. The predicted molar refractivity (Wildman–Crippen MR) is 122 cm³/mol. The third kappa shape index (κ3) is 4.31. The van der Waals surface area contributed by atoms with Gasteiger partial charge in [-0.3, -0.25) is 0 Å². The van der Waals surface area contributed by atoms with Crippen LogP contribution in [0.1, 0.15) is 86.0 Å². The molecule has 1 nitrogen and oxygen atoms in total. The summed E-state index contributed by atoms with van der Waals surface area (Å²) in [7, 11) is 5.99. The maximum Gasteiger partial charge on any atom is 0.0965 e. The molecule has 3 aliphatic carbocycles. The van der Waals surface area contributed by atoms with Crippen molar-refractivity contribution in [2.45, 2.75) is 92.3 Å². The van der Waals surface area contributed by atoms with Gasteiger partial charge in [-0.2, -0.15) is 0 Å². The van der Waals surface area contributed by atoms with Gasteiger partial charge in [0.2, 0.25) is 0 Å². The molecule has 4 atom stereocenters. The Bertz CT molecular complexity index is 651. The molecule has 0 bridgehead atoms. The molecule has 2 unspecified atom stereocenters. The van der Waals surface area contributed by atoms with Gasteiger partial charge >= 0.3 is 0 Å². The maximum absolute atomic E-state index is 11.2. The van der Waals surface area contributed by atoms with Crippen LogP contribution in [0.25, 0.3) is 0 Å². The van der Waals surface area contributed by atoms with Crippen LogP contribution in [0.3, 0.4) is 0 Å². The first-order valence-electron chi connectivity index (χ1n) is 11.7. The lowest BCUT2D eigenvalue weighted by Crippen LogP contribution is -2.47. The van der Waals surface area contributed by atoms with Gasteiger partial charge in [-0.25, -0.2) is 0 Å². The van der Waals surface area contributed by atoms with E-state index in [-0.39, 0.29) is 11.3 Å². The maximum atomic E-state index is 11.2. The fraction of sp³-hybridized carbons (Fsp3) is 0.769. The average molecular weight is 380 g/mol. The van der Waals surface area contributed by atoms with Crippen LogP contribution < -0.4 is 0 Å². The van der Waals surface area contributed by atoms with Crippen LogP contribution in [0.5, 0.6) is 0 Å². The first-order chi connectivity index (χ1) is 13.2. The van der Waals surface area contributed by atoms with Crippen molar-refractivity contribution in [1.29, 1.82) is 0 Å². The molecule has 0 amide bonds. The van der Waals surface area contributed by atoms with Gasteiger partial charge in [0.05, 0.1) is 13.6 Å². The molecule has 0 aromatic heterocycles. The number of hydrogen-bond acceptors (Lipinski definition) is 1. The highest BCUT2D eigenvalue weighted by molar-refractivity contribution is 6.10. The molecule has 0 aromatic carbocycles. The second-order valence-corrected chi connectivity index (χ2v) is 11.0. The number of allylic oxidation sites excluding steroid dienone is 6. The molecule has 0 spiro atoms. The van der Waals surface area contributed by atoms with E-state index in [4.69, 9.17) is 7.85 Å². The molecule has 0 aromatic rings. The molecule has 0 heterocycles. The lowest BCUT2D eigenvalue weighted by atomic mass is 9.50. The number of fused-ring (bicyclic) bond motifs is 3. The van der Waals surface area contributed by atoms with Crippen LogP contribution in [0.15, 0.2) is 35.1 Å². The van der Waals surface area contributed by atoms with E-state index in [9.17, 15) is 5.11 Å². The van der Waals surface area contributed by atoms with Crippen LogP contribution >= 0.6 is 0 Å². The lowest BCUT2D eigenvalue weighted by Gasteiger charge is -2.54. The molecule has 2 heteroatoms. The minimum absolute atomic E-state index is 0.141. The second kappa shape index (κ2) is 8.45. The number of aliphatic hydroxyl groups is 1. The Morgan fingerprint density at radius 2 is 1.96 bits per heavy atom. The van der Waals surface area contributed by atoms with E-state index in [2.05, 4.69) is 52.8 Å². The standard InChI is InChI=1S/C26H41BO/c1-6-7-8-9-12-25(2,3)20-14-19-16-26(4,5)22-11-10-18(17-27)13-21(22)24(19)23(28)15-20/h10,14-15,19,21-22,24,28H,6-9,11-13,16-17H2,1-5H3/t19?,21-,22-,24?/m0/s1. The van der Waals surface area contributed by atoms with Gasteiger partial charge in [0, 0.05) is 5.92 Å². The van der Waals surface area contributed by atoms with E-state index in [1.54, 1.807) is 0 Å². The minimum atomic E-state index is 0.141. The zero-order chi connectivity index (χ0) is 20.5. The van der Waals surface area contributed by atoms with Gasteiger partial charge in [-0.15, -0.1) is 0 Å². The molecule has 154 valence electrons. The molecule has 1 saturated carbocycles. The van der Waals surface area contributed by atoms with Crippen LogP contribution in [-0.2, 0) is 0 Å². The van der Waals surface area contributed by atoms with Gasteiger partial charge in [0.15, 0.2) is 0 Å². The van der Waals surface area contributed by atoms with Crippen LogP contribution in [0.2, 0.25) is 6.32 Å². The van der Waals surface area contributed by atoms with Crippen LogP contribution in [0.4, 0.5) is 0 Å². The third-order valence-corrected chi connectivity index (χ3v) is 8.10. The summed E-state index contributed by atoms with van der Waals surface area (Å²) in [6, 6.07) is 0. The van der Waals surface area contributed by atoms with Gasteiger partial charge in [-0.05, 0) is 65.9 Å². The highest BCUT2D eigenvalue weighted by atomic mass is 16.3. The van der Waals surface area contributed by atoms with Crippen LogP contribution in [0, 0.1) is 34.5 Å². The number of hydrogen-bond donors (Lipinski definition) is 1. The quantitative estimate of drug-likeness (QED) is 0.274. The highest BCUT2D eigenvalue weighted by Gasteiger charge is 2.51. The van der Waals surface area contributed by atoms with E-state index in [1.807, 2.05) is 0 Å². The third-order valence-electron chi connectivity index (χ3n) is 8.10. The topological polar surface area (TPSA) is 20.2 Å². The van der Waals surface area contributed by atoms with E-state index in [0.717, 1.165) is 12.8 Å². The Kier molecular flexibility index (Phi) is 6.57. The molecule has 1 fully saturated rings. The summed E-state index contributed by atoms with van der Waals surface area (Å²) in [4.78, 5) is 0. The summed E-state index contributed by atoms with van der Waals surface area (Å²) in [5.41, 5.74) is 3.20. The normalized spacial score (nSPS) is 32.0. The van der Waals surface area contributed by atoms with Crippen molar-refractivity contribution < 1.29 is 5.11 Å². The first-order valence-corrected chi connectivity index (χ1v) is 11.7. The van der Waals surface area contributed by atoms with Crippen molar-refractivity contribution in [1.82, 2.24) is 0 Å². The van der Waals surface area contributed by atoms with Gasteiger partial charge in [-0.1, -0.05) is 84.3 Å². The van der Waals surface area contributed by atoms with Crippen LogP contribution in [-0.4, -0.2) is 13.0 Å². The van der Waals surface area contributed by atoms with Crippen molar-refractivity contribution in [2.24, 2.45) is 34.5 Å². The zero-order valence-electron chi connectivity index (χ0n) is 18.9. The van der Waals surface area contributed by atoms with E-state index < -0.39 is 0 Å². The molecule has 0 aliphatic heterocycles.